The molecule has 0 spiro atoms. The Labute approximate surface area is 82.5 Å². The molecule has 0 amide bonds. The molecule has 0 radical (unpaired) electrons. The highest BCUT2D eigenvalue weighted by atomic mass is 19.1. The van der Waals surface area contributed by atoms with Gasteiger partial charge in [0.25, 0.3) is 0 Å². The molecule has 1 aromatic carbocycles. The molecule has 0 saturated heterocycles. The molecule has 3 heteroatoms. The molecule has 0 unspecified atom stereocenters. The second-order valence-electron chi connectivity index (χ2n) is 3.80. The quantitative estimate of drug-likeness (QED) is 0.715. The third-order valence-corrected chi connectivity index (χ3v) is 2.84. The van der Waals surface area contributed by atoms with Crippen LogP contribution in [0.1, 0.15) is 35.6 Å². The monoisotopic (exact) mass is 195 g/mol. The number of rotatable bonds is 1. The van der Waals surface area contributed by atoms with Crippen molar-refractivity contribution in [3.05, 3.63) is 34.6 Å². The molecule has 1 atom stereocenters. The van der Waals surface area contributed by atoms with Crippen molar-refractivity contribution >= 4 is 0 Å². The van der Waals surface area contributed by atoms with Gasteiger partial charge in [0, 0.05) is 11.6 Å². The molecule has 0 aliphatic heterocycles. The smallest absolute Gasteiger partial charge is 0.129 e. The van der Waals surface area contributed by atoms with Crippen molar-refractivity contribution in [3.63, 3.8) is 0 Å². The summed E-state index contributed by atoms with van der Waals surface area (Å²) in [6, 6.07) is 3.22. The Kier molecular flexibility index (Phi) is 2.52. The highest BCUT2D eigenvalue weighted by Gasteiger charge is 2.18. The highest BCUT2D eigenvalue weighted by molar-refractivity contribution is 5.36. The van der Waals surface area contributed by atoms with Gasteiger partial charge >= 0.3 is 0 Å². The lowest BCUT2D eigenvalue weighted by Gasteiger charge is -2.23. The molecular formula is C11H14FNO. The number of aliphatic hydroxyl groups excluding tert-OH is 1. The van der Waals surface area contributed by atoms with Crippen molar-refractivity contribution < 1.29 is 9.50 Å². The first-order valence-electron chi connectivity index (χ1n) is 4.90. The normalized spacial score (nSPS) is 20.6. The van der Waals surface area contributed by atoms with Crippen LogP contribution in [-0.2, 0) is 13.0 Å². The molecule has 2 nitrogen and oxygen atoms in total. The van der Waals surface area contributed by atoms with E-state index in [1.165, 1.54) is 6.07 Å². The molecule has 0 aromatic heterocycles. The van der Waals surface area contributed by atoms with Gasteiger partial charge in [-0.05, 0) is 42.5 Å². The van der Waals surface area contributed by atoms with Crippen LogP contribution in [-0.4, -0.2) is 5.11 Å². The SMILES string of the molecule is N[C@@H]1CCCc2cc(F)c(CO)cc21. The molecule has 14 heavy (non-hydrogen) atoms. The first-order valence-corrected chi connectivity index (χ1v) is 4.90. The van der Waals surface area contributed by atoms with Crippen LogP contribution in [0.2, 0.25) is 0 Å². The Hall–Kier alpha value is -0.930. The maximum atomic E-state index is 13.3. The predicted molar refractivity (Wildman–Crippen MR) is 52.2 cm³/mol. The standard InChI is InChI=1S/C11H14FNO/c12-10-5-7-2-1-3-11(13)9(7)4-8(10)6-14/h4-5,11,14H,1-3,6,13H2/t11-/m1/s1. The number of nitrogens with two attached hydrogens (primary N) is 1. The van der Waals surface area contributed by atoms with Crippen molar-refractivity contribution in [2.45, 2.75) is 31.9 Å². The van der Waals surface area contributed by atoms with Crippen LogP contribution in [0.4, 0.5) is 4.39 Å². The Morgan fingerprint density at radius 3 is 3.00 bits per heavy atom. The summed E-state index contributed by atoms with van der Waals surface area (Å²) in [5.74, 6) is -0.319. The summed E-state index contributed by atoms with van der Waals surface area (Å²) in [5.41, 5.74) is 8.26. The average molecular weight is 195 g/mol. The summed E-state index contributed by atoms with van der Waals surface area (Å²) in [7, 11) is 0. The molecule has 0 saturated carbocycles. The molecule has 0 fully saturated rings. The van der Waals surface area contributed by atoms with Gasteiger partial charge < -0.3 is 10.8 Å². The summed E-state index contributed by atoms with van der Waals surface area (Å²) in [6.45, 7) is -0.258. The van der Waals surface area contributed by atoms with Gasteiger partial charge in [0.2, 0.25) is 0 Å². The van der Waals surface area contributed by atoms with Crippen LogP contribution in [0.3, 0.4) is 0 Å². The number of fused-ring (bicyclic) bond motifs is 1. The second-order valence-corrected chi connectivity index (χ2v) is 3.80. The molecule has 76 valence electrons. The summed E-state index contributed by atoms with van der Waals surface area (Å²) in [5, 5.41) is 8.93. The number of aryl methyl sites for hydroxylation is 1. The Bertz CT molecular complexity index is 351. The summed E-state index contributed by atoms with van der Waals surface area (Å²) in [4.78, 5) is 0. The van der Waals surface area contributed by atoms with Gasteiger partial charge in [0.05, 0.1) is 6.61 Å². The zero-order chi connectivity index (χ0) is 10.1. The minimum absolute atomic E-state index is 0.00431. The lowest BCUT2D eigenvalue weighted by molar-refractivity contribution is 0.275. The third kappa shape index (κ3) is 1.53. The fourth-order valence-corrected chi connectivity index (χ4v) is 2.03. The van der Waals surface area contributed by atoms with E-state index in [9.17, 15) is 4.39 Å². The van der Waals surface area contributed by atoms with Crippen LogP contribution in [0, 0.1) is 5.82 Å². The molecule has 1 aliphatic rings. The molecule has 1 aliphatic carbocycles. The van der Waals surface area contributed by atoms with Gasteiger partial charge in [-0.25, -0.2) is 4.39 Å². The molecule has 3 N–H and O–H groups in total. The predicted octanol–water partition coefficient (Wildman–Crippen LogP) is 1.65. The van der Waals surface area contributed by atoms with Crippen LogP contribution in [0.15, 0.2) is 12.1 Å². The molecule has 0 bridgehead atoms. The second kappa shape index (κ2) is 3.67. The van der Waals surface area contributed by atoms with E-state index in [0.29, 0.717) is 5.56 Å². The van der Waals surface area contributed by atoms with E-state index in [0.717, 1.165) is 30.4 Å². The summed E-state index contributed by atoms with van der Waals surface area (Å²) in [6.07, 6.45) is 2.86. The zero-order valence-electron chi connectivity index (χ0n) is 7.96. The lowest BCUT2D eigenvalue weighted by Crippen LogP contribution is -2.18. The number of halogens is 1. The Morgan fingerprint density at radius 2 is 2.29 bits per heavy atom. The van der Waals surface area contributed by atoms with Crippen LogP contribution >= 0.6 is 0 Å². The molecular weight excluding hydrogens is 181 g/mol. The highest BCUT2D eigenvalue weighted by Crippen LogP contribution is 2.29. The minimum atomic E-state index is -0.319. The Balaban J connectivity index is 2.49. The lowest BCUT2D eigenvalue weighted by atomic mass is 9.87. The largest absolute Gasteiger partial charge is 0.392 e. The fourth-order valence-electron chi connectivity index (χ4n) is 2.03. The van der Waals surface area contributed by atoms with E-state index in [4.69, 9.17) is 10.8 Å². The van der Waals surface area contributed by atoms with E-state index in [-0.39, 0.29) is 18.5 Å². The van der Waals surface area contributed by atoms with E-state index in [2.05, 4.69) is 0 Å². The van der Waals surface area contributed by atoms with E-state index in [1.807, 2.05) is 0 Å². The van der Waals surface area contributed by atoms with E-state index < -0.39 is 0 Å². The van der Waals surface area contributed by atoms with Gasteiger partial charge in [-0.1, -0.05) is 0 Å². The van der Waals surface area contributed by atoms with E-state index >= 15 is 0 Å². The topological polar surface area (TPSA) is 46.2 Å². The number of aliphatic hydroxyl groups is 1. The third-order valence-electron chi connectivity index (χ3n) is 2.84. The molecule has 0 heterocycles. The minimum Gasteiger partial charge on any atom is -0.392 e. The zero-order valence-corrected chi connectivity index (χ0v) is 7.96. The first-order chi connectivity index (χ1) is 6.72. The number of benzene rings is 1. The van der Waals surface area contributed by atoms with Crippen LogP contribution in [0.5, 0.6) is 0 Å². The number of hydrogen-bond donors (Lipinski definition) is 2. The van der Waals surface area contributed by atoms with Crippen molar-refractivity contribution in [3.8, 4) is 0 Å². The van der Waals surface area contributed by atoms with Crippen molar-refractivity contribution in [2.75, 3.05) is 0 Å². The van der Waals surface area contributed by atoms with Crippen LogP contribution < -0.4 is 5.73 Å². The summed E-state index contributed by atoms with van der Waals surface area (Å²) < 4.78 is 13.3. The maximum Gasteiger partial charge on any atom is 0.129 e. The molecule has 1 aromatic rings. The van der Waals surface area contributed by atoms with E-state index in [1.54, 1.807) is 6.07 Å². The Morgan fingerprint density at radius 1 is 1.50 bits per heavy atom. The van der Waals surface area contributed by atoms with Gasteiger partial charge in [-0.3, -0.25) is 0 Å². The summed E-state index contributed by atoms with van der Waals surface area (Å²) >= 11 is 0. The van der Waals surface area contributed by atoms with Crippen molar-refractivity contribution in [2.24, 2.45) is 5.73 Å². The van der Waals surface area contributed by atoms with Gasteiger partial charge in [-0.15, -0.1) is 0 Å². The van der Waals surface area contributed by atoms with Crippen molar-refractivity contribution in [1.82, 2.24) is 0 Å². The van der Waals surface area contributed by atoms with Gasteiger partial charge in [0.1, 0.15) is 5.82 Å². The van der Waals surface area contributed by atoms with Crippen molar-refractivity contribution in [1.29, 1.82) is 0 Å². The fraction of sp³-hybridized carbons (Fsp3) is 0.455. The molecule has 2 rings (SSSR count). The maximum absolute atomic E-state index is 13.3. The van der Waals surface area contributed by atoms with Gasteiger partial charge in [-0.2, -0.15) is 0 Å². The number of hydrogen-bond acceptors (Lipinski definition) is 2. The average Bonchev–Trinajstić information content (AvgIpc) is 2.17. The first kappa shape index (κ1) is 9.62. The van der Waals surface area contributed by atoms with Gasteiger partial charge in [0.15, 0.2) is 0 Å². The van der Waals surface area contributed by atoms with Crippen LogP contribution in [0.25, 0.3) is 0 Å².